The highest BCUT2D eigenvalue weighted by molar-refractivity contribution is 5.96. The van der Waals surface area contributed by atoms with E-state index in [4.69, 9.17) is 11.0 Å². The predicted octanol–water partition coefficient (Wildman–Crippen LogP) is 0.996. The van der Waals surface area contributed by atoms with Gasteiger partial charge in [-0.1, -0.05) is 20.3 Å². The van der Waals surface area contributed by atoms with Crippen LogP contribution in [0.15, 0.2) is 0 Å². The first kappa shape index (κ1) is 15.4. The van der Waals surface area contributed by atoms with Crippen molar-refractivity contribution in [2.45, 2.75) is 44.7 Å². The number of halogens is 1. The molecule has 1 heterocycles. The second-order valence-corrected chi connectivity index (χ2v) is 4.32. The van der Waals surface area contributed by atoms with Crippen molar-refractivity contribution in [2.24, 2.45) is 11.7 Å². The van der Waals surface area contributed by atoms with Gasteiger partial charge in [-0.15, -0.1) is 12.4 Å². The van der Waals surface area contributed by atoms with Crippen LogP contribution in [0.1, 0.15) is 33.1 Å². The van der Waals surface area contributed by atoms with Gasteiger partial charge in [-0.2, -0.15) is 5.26 Å². The van der Waals surface area contributed by atoms with Gasteiger partial charge in [-0.05, 0) is 25.3 Å². The smallest absolute Gasteiger partial charge is 0.184 e. The van der Waals surface area contributed by atoms with Gasteiger partial charge in [0.1, 0.15) is 0 Å². The molecule has 0 aromatic heterocycles. The summed E-state index contributed by atoms with van der Waals surface area (Å²) < 4.78 is 0. The molecule has 1 aliphatic rings. The Balaban J connectivity index is 0.00000225. The Bertz CT molecular complexity index is 281. The third kappa shape index (κ3) is 2.73. The maximum Gasteiger partial charge on any atom is 0.184 e. The van der Waals surface area contributed by atoms with Crippen LogP contribution in [0.4, 0.5) is 0 Å². The average Bonchev–Trinajstić information content (AvgIpc) is 2.75. The van der Waals surface area contributed by atoms with E-state index in [2.05, 4.69) is 11.4 Å². The molecule has 0 aromatic carbocycles. The average molecular weight is 246 g/mol. The minimum Gasteiger partial charge on any atom is -0.321 e. The van der Waals surface area contributed by atoms with E-state index in [-0.39, 0.29) is 24.1 Å². The summed E-state index contributed by atoms with van der Waals surface area (Å²) in [5.74, 6) is -0.0121. The molecule has 0 saturated carbocycles. The molecule has 92 valence electrons. The molecular formula is C11H20ClN3O. The normalized spacial score (nSPS) is 27.6. The van der Waals surface area contributed by atoms with Gasteiger partial charge in [-0.3, -0.25) is 10.1 Å². The van der Waals surface area contributed by atoms with Gasteiger partial charge < -0.3 is 5.73 Å². The second-order valence-electron chi connectivity index (χ2n) is 4.32. The number of ketones is 1. The van der Waals surface area contributed by atoms with Crippen LogP contribution in [-0.2, 0) is 4.79 Å². The molecule has 1 fully saturated rings. The van der Waals surface area contributed by atoms with Crippen molar-refractivity contribution in [3.8, 4) is 6.07 Å². The lowest BCUT2D eigenvalue weighted by molar-refractivity contribution is -0.125. The molecule has 4 nitrogen and oxygen atoms in total. The van der Waals surface area contributed by atoms with Gasteiger partial charge >= 0.3 is 0 Å². The van der Waals surface area contributed by atoms with Gasteiger partial charge in [0.25, 0.3) is 0 Å². The SMILES string of the molecule is CCC(C)[C@H](N)C(=O)[C@@]1(C#N)CCCN1.Cl. The number of hydrogen-bond acceptors (Lipinski definition) is 4. The van der Waals surface area contributed by atoms with Gasteiger partial charge in [0.15, 0.2) is 11.3 Å². The molecule has 0 amide bonds. The van der Waals surface area contributed by atoms with Crippen molar-refractivity contribution in [2.75, 3.05) is 6.54 Å². The summed E-state index contributed by atoms with van der Waals surface area (Å²) in [4.78, 5) is 12.1. The molecule has 5 heteroatoms. The third-order valence-electron chi connectivity index (χ3n) is 3.33. The molecule has 1 saturated heterocycles. The third-order valence-corrected chi connectivity index (χ3v) is 3.33. The molecule has 1 rings (SSSR count). The van der Waals surface area contributed by atoms with E-state index >= 15 is 0 Å². The standard InChI is InChI=1S/C11H19N3O.ClH/c1-3-8(2)9(13)10(15)11(7-12)5-4-6-14-11;/h8-9,14H,3-6,13H2,1-2H3;1H/t8?,9-,11-;/m0./s1. The molecule has 16 heavy (non-hydrogen) atoms. The van der Waals surface area contributed by atoms with Crippen molar-refractivity contribution >= 4 is 18.2 Å². The zero-order valence-electron chi connectivity index (χ0n) is 9.82. The highest BCUT2D eigenvalue weighted by Gasteiger charge is 2.44. The summed E-state index contributed by atoms with van der Waals surface area (Å²) in [6.45, 7) is 4.67. The van der Waals surface area contributed by atoms with Crippen LogP contribution in [0.25, 0.3) is 0 Å². The molecule has 0 aliphatic carbocycles. The Morgan fingerprint density at radius 3 is 2.69 bits per heavy atom. The molecule has 0 spiro atoms. The fourth-order valence-electron chi connectivity index (χ4n) is 1.90. The van der Waals surface area contributed by atoms with Crippen molar-refractivity contribution in [3.63, 3.8) is 0 Å². The van der Waals surface area contributed by atoms with Crippen LogP contribution in [0.3, 0.4) is 0 Å². The first-order chi connectivity index (χ1) is 7.07. The molecule has 0 aromatic rings. The van der Waals surface area contributed by atoms with E-state index < -0.39 is 11.6 Å². The van der Waals surface area contributed by atoms with Crippen LogP contribution in [0.5, 0.6) is 0 Å². The molecule has 0 radical (unpaired) electrons. The fourth-order valence-corrected chi connectivity index (χ4v) is 1.90. The van der Waals surface area contributed by atoms with Crippen molar-refractivity contribution in [3.05, 3.63) is 0 Å². The molecule has 1 aliphatic heterocycles. The monoisotopic (exact) mass is 245 g/mol. The highest BCUT2D eigenvalue weighted by Crippen LogP contribution is 2.23. The van der Waals surface area contributed by atoms with E-state index in [1.54, 1.807) is 0 Å². The Labute approximate surface area is 103 Å². The van der Waals surface area contributed by atoms with Crippen LogP contribution in [-0.4, -0.2) is 23.9 Å². The van der Waals surface area contributed by atoms with Crippen LogP contribution >= 0.6 is 12.4 Å². The minimum atomic E-state index is -1.01. The molecular weight excluding hydrogens is 226 g/mol. The van der Waals surface area contributed by atoms with Gasteiger partial charge in [0, 0.05) is 0 Å². The molecule has 3 N–H and O–H groups in total. The number of rotatable bonds is 4. The van der Waals surface area contributed by atoms with E-state index in [0.29, 0.717) is 6.42 Å². The van der Waals surface area contributed by atoms with Crippen molar-refractivity contribution in [1.82, 2.24) is 5.32 Å². The number of nitrogens with zero attached hydrogens (tertiary/aromatic N) is 1. The van der Waals surface area contributed by atoms with Gasteiger partial charge in [-0.25, -0.2) is 0 Å². The number of Topliss-reactive ketones (excluding diaryl/α,β-unsaturated/α-hetero) is 1. The Kier molecular flexibility index (Phi) is 5.95. The summed E-state index contributed by atoms with van der Waals surface area (Å²) >= 11 is 0. The molecule has 0 bridgehead atoms. The van der Waals surface area contributed by atoms with E-state index in [0.717, 1.165) is 19.4 Å². The maximum absolute atomic E-state index is 12.1. The first-order valence-corrected chi connectivity index (χ1v) is 5.53. The summed E-state index contributed by atoms with van der Waals surface area (Å²) in [6, 6.07) is 1.57. The minimum absolute atomic E-state index is 0. The molecule has 3 atom stereocenters. The van der Waals surface area contributed by atoms with Crippen LogP contribution in [0, 0.1) is 17.2 Å². The number of nitrogens with two attached hydrogens (primary N) is 1. The number of nitriles is 1. The lowest BCUT2D eigenvalue weighted by Gasteiger charge is -2.26. The Morgan fingerprint density at radius 1 is 1.69 bits per heavy atom. The number of hydrogen-bond donors (Lipinski definition) is 2. The first-order valence-electron chi connectivity index (χ1n) is 5.53. The van der Waals surface area contributed by atoms with Crippen LogP contribution in [0.2, 0.25) is 0 Å². The summed E-state index contributed by atoms with van der Waals surface area (Å²) in [6.07, 6.45) is 2.31. The number of carbonyl (C=O) groups is 1. The van der Waals surface area contributed by atoms with Gasteiger partial charge in [0.05, 0.1) is 12.1 Å². The summed E-state index contributed by atoms with van der Waals surface area (Å²) in [7, 11) is 0. The zero-order chi connectivity index (χ0) is 11.5. The van der Waals surface area contributed by atoms with Crippen molar-refractivity contribution < 1.29 is 4.79 Å². The van der Waals surface area contributed by atoms with E-state index in [1.165, 1.54) is 0 Å². The Hall–Kier alpha value is -0.630. The lowest BCUT2D eigenvalue weighted by atomic mass is 9.84. The lowest BCUT2D eigenvalue weighted by Crippen LogP contribution is -2.55. The predicted molar refractivity (Wildman–Crippen MR) is 65.3 cm³/mol. The maximum atomic E-state index is 12.1. The number of nitrogens with one attached hydrogen (secondary N) is 1. The van der Waals surface area contributed by atoms with E-state index in [1.807, 2.05) is 13.8 Å². The Morgan fingerprint density at radius 2 is 2.31 bits per heavy atom. The fraction of sp³-hybridized carbons (Fsp3) is 0.818. The summed E-state index contributed by atoms with van der Waals surface area (Å²) in [5.41, 5.74) is 4.86. The second kappa shape index (κ2) is 6.19. The highest BCUT2D eigenvalue weighted by atomic mass is 35.5. The number of carbonyl (C=O) groups excluding carboxylic acids is 1. The van der Waals surface area contributed by atoms with Gasteiger partial charge in [0.2, 0.25) is 0 Å². The topological polar surface area (TPSA) is 78.9 Å². The summed E-state index contributed by atoms with van der Waals surface area (Å²) in [5, 5.41) is 12.1. The zero-order valence-corrected chi connectivity index (χ0v) is 10.6. The van der Waals surface area contributed by atoms with Crippen molar-refractivity contribution in [1.29, 1.82) is 5.26 Å². The quantitative estimate of drug-likeness (QED) is 0.775. The van der Waals surface area contributed by atoms with E-state index in [9.17, 15) is 4.79 Å². The molecule has 1 unspecified atom stereocenters. The van der Waals surface area contributed by atoms with Crippen LogP contribution < -0.4 is 11.1 Å². The largest absolute Gasteiger partial charge is 0.321 e.